The van der Waals surface area contributed by atoms with Crippen LogP contribution in [0.4, 0.5) is 5.13 Å². The molecule has 0 aliphatic heterocycles. The van der Waals surface area contributed by atoms with Crippen LogP contribution in [0.3, 0.4) is 0 Å². The Balaban J connectivity index is 2.49. The van der Waals surface area contributed by atoms with Crippen LogP contribution in [0.25, 0.3) is 0 Å². The number of carbonyl (C=O) groups excluding carboxylic acids is 1. The van der Waals surface area contributed by atoms with Crippen LogP contribution in [0, 0.1) is 0 Å². The molecule has 1 rings (SSSR count). The largest absolute Gasteiger partial charge is 0.466 e. The second kappa shape index (κ2) is 7.55. The van der Waals surface area contributed by atoms with E-state index in [9.17, 15) is 4.79 Å². The van der Waals surface area contributed by atoms with Crippen molar-refractivity contribution in [3.05, 3.63) is 11.1 Å². The van der Waals surface area contributed by atoms with E-state index in [4.69, 9.17) is 4.74 Å². The molecule has 0 amide bonds. The molecular formula is C11H18N2O2S2. The van der Waals surface area contributed by atoms with Crippen molar-refractivity contribution in [1.82, 2.24) is 4.98 Å². The molecule has 0 N–H and O–H groups in total. The van der Waals surface area contributed by atoms with Gasteiger partial charge in [-0.2, -0.15) is 11.8 Å². The van der Waals surface area contributed by atoms with Gasteiger partial charge in [-0.15, -0.1) is 11.3 Å². The molecule has 0 saturated heterocycles. The van der Waals surface area contributed by atoms with Crippen molar-refractivity contribution >= 4 is 34.2 Å². The van der Waals surface area contributed by atoms with Crippen molar-refractivity contribution in [2.75, 3.05) is 37.1 Å². The van der Waals surface area contributed by atoms with Crippen LogP contribution in [0.1, 0.15) is 12.6 Å². The highest BCUT2D eigenvalue weighted by Gasteiger charge is 2.10. The van der Waals surface area contributed by atoms with Gasteiger partial charge in [0.25, 0.3) is 0 Å². The maximum absolute atomic E-state index is 11.3. The number of hydrogen-bond acceptors (Lipinski definition) is 6. The van der Waals surface area contributed by atoms with Gasteiger partial charge < -0.3 is 9.64 Å². The van der Waals surface area contributed by atoms with E-state index in [1.54, 1.807) is 18.3 Å². The molecule has 0 radical (unpaired) electrons. The zero-order valence-electron chi connectivity index (χ0n) is 10.4. The van der Waals surface area contributed by atoms with E-state index in [1.807, 2.05) is 24.2 Å². The summed E-state index contributed by atoms with van der Waals surface area (Å²) >= 11 is 3.38. The van der Waals surface area contributed by atoms with Crippen LogP contribution in [-0.4, -0.2) is 43.2 Å². The third-order valence-electron chi connectivity index (χ3n) is 2.13. The van der Waals surface area contributed by atoms with Crippen LogP contribution < -0.4 is 4.90 Å². The smallest absolute Gasteiger partial charge is 0.311 e. The molecule has 0 aliphatic rings. The quantitative estimate of drug-likeness (QED) is 0.712. The number of thioether (sulfide) groups is 1. The summed E-state index contributed by atoms with van der Waals surface area (Å²) in [5, 5.41) is 2.88. The van der Waals surface area contributed by atoms with Gasteiger partial charge in [-0.3, -0.25) is 4.79 Å². The van der Waals surface area contributed by atoms with Gasteiger partial charge in [-0.05, 0) is 13.2 Å². The predicted molar refractivity (Wildman–Crippen MR) is 74.1 cm³/mol. The van der Waals surface area contributed by atoms with E-state index in [0.717, 1.165) is 23.1 Å². The molecule has 17 heavy (non-hydrogen) atoms. The van der Waals surface area contributed by atoms with E-state index in [2.05, 4.69) is 16.1 Å². The lowest BCUT2D eigenvalue weighted by molar-refractivity contribution is -0.142. The number of hydrogen-bond donors (Lipinski definition) is 0. The van der Waals surface area contributed by atoms with Crippen LogP contribution in [0.5, 0.6) is 0 Å². The second-order valence-electron chi connectivity index (χ2n) is 3.52. The van der Waals surface area contributed by atoms with Crippen molar-refractivity contribution in [1.29, 1.82) is 0 Å². The number of esters is 1. The lowest BCUT2D eigenvalue weighted by atomic mass is 10.3. The minimum atomic E-state index is -0.212. The summed E-state index contributed by atoms with van der Waals surface area (Å²) in [6, 6.07) is 0. The van der Waals surface area contributed by atoms with Gasteiger partial charge >= 0.3 is 5.97 Å². The standard InChI is InChI=1S/C11H18N2O2S2/c1-4-15-10(14)7-9-8-17-11(12-9)13(2)5-6-16-3/h8H,4-7H2,1-3H3. The normalized spacial score (nSPS) is 10.3. The van der Waals surface area contributed by atoms with Crippen molar-refractivity contribution in [2.24, 2.45) is 0 Å². The minimum absolute atomic E-state index is 0.212. The molecule has 0 atom stereocenters. The van der Waals surface area contributed by atoms with Gasteiger partial charge in [0.05, 0.1) is 18.7 Å². The monoisotopic (exact) mass is 274 g/mol. The average Bonchev–Trinajstić information content (AvgIpc) is 2.74. The molecule has 0 spiro atoms. The van der Waals surface area contributed by atoms with Gasteiger partial charge in [0, 0.05) is 24.7 Å². The third-order valence-corrected chi connectivity index (χ3v) is 3.72. The Hall–Kier alpha value is -0.750. The summed E-state index contributed by atoms with van der Waals surface area (Å²) in [7, 11) is 2.02. The fraction of sp³-hybridized carbons (Fsp3) is 0.636. The van der Waals surface area contributed by atoms with E-state index in [-0.39, 0.29) is 12.4 Å². The minimum Gasteiger partial charge on any atom is -0.466 e. The van der Waals surface area contributed by atoms with Gasteiger partial charge in [-0.25, -0.2) is 4.98 Å². The first-order valence-corrected chi connectivity index (χ1v) is 7.74. The molecule has 6 heteroatoms. The van der Waals surface area contributed by atoms with Gasteiger partial charge in [0.1, 0.15) is 0 Å². The number of ether oxygens (including phenoxy) is 1. The molecular weight excluding hydrogens is 256 g/mol. The number of carbonyl (C=O) groups is 1. The highest BCUT2D eigenvalue weighted by molar-refractivity contribution is 7.98. The SMILES string of the molecule is CCOC(=O)Cc1csc(N(C)CCSC)n1. The number of nitrogens with zero attached hydrogens (tertiary/aromatic N) is 2. The molecule has 1 aromatic rings. The Morgan fingerprint density at radius 2 is 2.41 bits per heavy atom. The van der Waals surface area contributed by atoms with Crippen LogP contribution >= 0.6 is 23.1 Å². The topological polar surface area (TPSA) is 42.4 Å². The maximum Gasteiger partial charge on any atom is 0.311 e. The molecule has 0 aromatic carbocycles. The van der Waals surface area contributed by atoms with Crippen LogP contribution in [0.15, 0.2) is 5.38 Å². The highest BCUT2D eigenvalue weighted by atomic mass is 32.2. The van der Waals surface area contributed by atoms with Crippen molar-refractivity contribution in [2.45, 2.75) is 13.3 Å². The highest BCUT2D eigenvalue weighted by Crippen LogP contribution is 2.19. The summed E-state index contributed by atoms with van der Waals surface area (Å²) in [6.07, 6.45) is 2.35. The lowest BCUT2D eigenvalue weighted by Crippen LogP contribution is -2.20. The van der Waals surface area contributed by atoms with E-state index in [0.29, 0.717) is 6.61 Å². The summed E-state index contributed by atoms with van der Waals surface area (Å²) in [4.78, 5) is 17.8. The molecule has 0 bridgehead atoms. The molecule has 1 aromatic heterocycles. The number of rotatable bonds is 7. The van der Waals surface area contributed by atoms with E-state index in [1.165, 1.54) is 0 Å². The Morgan fingerprint density at radius 1 is 1.65 bits per heavy atom. The molecule has 96 valence electrons. The second-order valence-corrected chi connectivity index (χ2v) is 5.34. The van der Waals surface area contributed by atoms with Crippen molar-refractivity contribution < 1.29 is 9.53 Å². The molecule has 0 aliphatic carbocycles. The van der Waals surface area contributed by atoms with Gasteiger partial charge in [-0.1, -0.05) is 0 Å². The summed E-state index contributed by atoms with van der Waals surface area (Å²) in [5.41, 5.74) is 0.791. The molecule has 4 nitrogen and oxygen atoms in total. The molecule has 0 unspecified atom stereocenters. The summed E-state index contributed by atoms with van der Waals surface area (Å²) in [5.74, 6) is 0.861. The predicted octanol–water partition coefficient (Wildman–Crippen LogP) is 2.05. The number of anilines is 1. The van der Waals surface area contributed by atoms with Crippen LogP contribution in [-0.2, 0) is 16.0 Å². The zero-order valence-corrected chi connectivity index (χ0v) is 12.1. The summed E-state index contributed by atoms with van der Waals surface area (Å²) in [6.45, 7) is 3.19. The zero-order chi connectivity index (χ0) is 12.7. The third kappa shape index (κ3) is 4.95. The number of thiazole rings is 1. The number of aromatic nitrogens is 1. The van der Waals surface area contributed by atoms with E-state index >= 15 is 0 Å². The first kappa shape index (κ1) is 14.3. The van der Waals surface area contributed by atoms with Gasteiger partial charge in [0.2, 0.25) is 0 Å². The van der Waals surface area contributed by atoms with Crippen LogP contribution in [0.2, 0.25) is 0 Å². The fourth-order valence-corrected chi connectivity index (χ4v) is 2.51. The Bertz CT molecular complexity index is 355. The Morgan fingerprint density at radius 3 is 3.06 bits per heavy atom. The maximum atomic E-state index is 11.3. The molecule has 0 fully saturated rings. The Labute approximate surface area is 110 Å². The van der Waals surface area contributed by atoms with Gasteiger partial charge in [0.15, 0.2) is 5.13 Å². The summed E-state index contributed by atoms with van der Waals surface area (Å²) < 4.78 is 4.89. The first-order chi connectivity index (χ1) is 8.17. The van der Waals surface area contributed by atoms with Crippen molar-refractivity contribution in [3.8, 4) is 0 Å². The Kier molecular flexibility index (Phi) is 6.36. The lowest BCUT2D eigenvalue weighted by Gasteiger charge is -2.14. The van der Waals surface area contributed by atoms with Crippen molar-refractivity contribution in [3.63, 3.8) is 0 Å². The average molecular weight is 274 g/mol. The fourth-order valence-electron chi connectivity index (χ4n) is 1.24. The molecule has 0 saturated carbocycles. The van der Waals surface area contributed by atoms with E-state index < -0.39 is 0 Å². The molecule has 1 heterocycles. The first-order valence-electron chi connectivity index (χ1n) is 5.47.